The van der Waals surface area contributed by atoms with Crippen molar-refractivity contribution in [2.45, 2.75) is 19.9 Å². The summed E-state index contributed by atoms with van der Waals surface area (Å²) in [6.45, 7) is 1.92. The van der Waals surface area contributed by atoms with E-state index in [4.69, 9.17) is 4.42 Å². The van der Waals surface area contributed by atoms with E-state index in [2.05, 4.69) is 15.8 Å². The third kappa shape index (κ3) is 5.39. The normalized spacial score (nSPS) is 11.1. The first-order chi connectivity index (χ1) is 11.0. The molecule has 0 unspecified atom stereocenters. The number of nitrogens with one attached hydrogen (secondary N) is 2. The van der Waals surface area contributed by atoms with E-state index in [-0.39, 0.29) is 17.9 Å². The number of furan rings is 1. The third-order valence-electron chi connectivity index (χ3n) is 2.91. The molecule has 120 valence electrons. The Kier molecular flexibility index (Phi) is 5.62. The van der Waals surface area contributed by atoms with Crippen LogP contribution >= 0.6 is 0 Å². The number of carbonyl (C=O) groups excluding carboxylic acids is 2. The first-order valence-electron chi connectivity index (χ1n) is 6.93. The Labute approximate surface area is 132 Å². The molecule has 0 fully saturated rings. The number of hydrogen-bond donors (Lipinski definition) is 2. The Morgan fingerprint density at radius 3 is 2.61 bits per heavy atom. The molecule has 0 radical (unpaired) electrons. The molecule has 7 heteroatoms. The summed E-state index contributed by atoms with van der Waals surface area (Å²) < 4.78 is 17.9. The summed E-state index contributed by atoms with van der Waals surface area (Å²) >= 11 is 0. The summed E-state index contributed by atoms with van der Waals surface area (Å²) in [6, 6.07) is 8.57. The molecule has 1 aromatic heterocycles. The van der Waals surface area contributed by atoms with E-state index < -0.39 is 11.7 Å². The average Bonchev–Trinajstić information content (AvgIpc) is 3.05. The van der Waals surface area contributed by atoms with E-state index in [0.717, 1.165) is 0 Å². The van der Waals surface area contributed by atoms with Gasteiger partial charge in [0.2, 0.25) is 5.91 Å². The number of halogens is 1. The minimum absolute atomic E-state index is 0.0460. The van der Waals surface area contributed by atoms with Crippen LogP contribution in [0.15, 0.2) is 52.2 Å². The second-order valence-corrected chi connectivity index (χ2v) is 4.83. The molecule has 2 rings (SSSR count). The summed E-state index contributed by atoms with van der Waals surface area (Å²) in [4.78, 5) is 23.5. The van der Waals surface area contributed by atoms with Crippen molar-refractivity contribution in [3.05, 3.63) is 59.8 Å². The molecule has 0 spiro atoms. The lowest BCUT2D eigenvalue weighted by Gasteiger charge is -2.04. The van der Waals surface area contributed by atoms with E-state index in [0.29, 0.717) is 18.0 Å². The van der Waals surface area contributed by atoms with Gasteiger partial charge in [0.25, 0.3) is 5.91 Å². The fourth-order valence-electron chi connectivity index (χ4n) is 1.75. The number of hydrazone groups is 1. The molecule has 23 heavy (non-hydrogen) atoms. The third-order valence-corrected chi connectivity index (χ3v) is 2.91. The summed E-state index contributed by atoms with van der Waals surface area (Å²) in [7, 11) is 0. The highest BCUT2D eigenvalue weighted by molar-refractivity contribution is 6.01. The van der Waals surface area contributed by atoms with Crippen LogP contribution < -0.4 is 10.7 Å². The molecular formula is C16H16FN3O3. The van der Waals surface area contributed by atoms with Gasteiger partial charge < -0.3 is 9.73 Å². The molecule has 2 N–H and O–H groups in total. The van der Waals surface area contributed by atoms with Gasteiger partial charge in [-0.1, -0.05) is 0 Å². The number of amides is 2. The minimum Gasteiger partial charge on any atom is -0.467 e. The average molecular weight is 317 g/mol. The van der Waals surface area contributed by atoms with Crippen LogP contribution in [0, 0.1) is 5.82 Å². The fourth-order valence-corrected chi connectivity index (χ4v) is 1.75. The topological polar surface area (TPSA) is 83.7 Å². The van der Waals surface area contributed by atoms with Crippen LogP contribution in [-0.4, -0.2) is 17.5 Å². The highest BCUT2D eigenvalue weighted by Crippen LogP contribution is 2.02. The first kappa shape index (κ1) is 16.4. The maximum Gasteiger partial charge on any atom is 0.271 e. The monoisotopic (exact) mass is 317 g/mol. The first-order valence-corrected chi connectivity index (χ1v) is 6.93. The minimum atomic E-state index is -0.472. The molecular weight excluding hydrogens is 301 g/mol. The van der Waals surface area contributed by atoms with E-state index in [1.165, 1.54) is 30.5 Å². The molecule has 6 nitrogen and oxygen atoms in total. The molecule has 2 aromatic rings. The highest BCUT2D eigenvalue weighted by atomic mass is 19.1. The number of nitrogens with zero attached hydrogens (tertiary/aromatic N) is 1. The van der Waals surface area contributed by atoms with Gasteiger partial charge in [0.15, 0.2) is 0 Å². The predicted molar refractivity (Wildman–Crippen MR) is 82.1 cm³/mol. The van der Waals surface area contributed by atoms with Crippen molar-refractivity contribution in [1.82, 2.24) is 10.7 Å². The lowest BCUT2D eigenvalue weighted by Crippen LogP contribution is -2.26. The van der Waals surface area contributed by atoms with Crippen LogP contribution in [0.2, 0.25) is 0 Å². The zero-order valence-corrected chi connectivity index (χ0v) is 12.5. The maximum absolute atomic E-state index is 12.8. The van der Waals surface area contributed by atoms with Crippen molar-refractivity contribution >= 4 is 17.5 Å². The van der Waals surface area contributed by atoms with Gasteiger partial charge in [0.05, 0.1) is 19.2 Å². The van der Waals surface area contributed by atoms with Crippen LogP contribution in [-0.2, 0) is 11.3 Å². The number of rotatable bonds is 6. The van der Waals surface area contributed by atoms with E-state index >= 15 is 0 Å². The highest BCUT2D eigenvalue weighted by Gasteiger charge is 2.07. The molecule has 0 aliphatic rings. The van der Waals surface area contributed by atoms with E-state index in [1.807, 2.05) is 0 Å². The van der Waals surface area contributed by atoms with Gasteiger partial charge in [0.1, 0.15) is 11.6 Å². The Bertz CT molecular complexity index is 694. The largest absolute Gasteiger partial charge is 0.467 e. The molecule has 0 aliphatic carbocycles. The van der Waals surface area contributed by atoms with Gasteiger partial charge in [-0.25, -0.2) is 9.82 Å². The van der Waals surface area contributed by atoms with Crippen molar-refractivity contribution in [2.24, 2.45) is 5.10 Å². The van der Waals surface area contributed by atoms with Crippen LogP contribution in [0.1, 0.15) is 29.5 Å². The van der Waals surface area contributed by atoms with Gasteiger partial charge >= 0.3 is 0 Å². The summed E-state index contributed by atoms with van der Waals surface area (Å²) in [5.41, 5.74) is 3.05. The van der Waals surface area contributed by atoms with Gasteiger partial charge in [-0.2, -0.15) is 5.10 Å². The second kappa shape index (κ2) is 7.88. The maximum atomic E-state index is 12.8. The molecule has 1 heterocycles. The standard InChI is InChI=1S/C16H16FN3O3/c1-11(9-15(21)18-10-14-3-2-8-23-14)19-20-16(22)12-4-6-13(17)7-5-12/h2-8H,9-10H2,1H3,(H,18,21)(H,20,22)/b19-11+. The van der Waals surface area contributed by atoms with Crippen LogP contribution in [0.25, 0.3) is 0 Å². The predicted octanol–water partition coefficient (Wildman–Crippen LogP) is 2.23. The van der Waals surface area contributed by atoms with Gasteiger partial charge in [-0.05, 0) is 43.3 Å². The molecule has 0 saturated heterocycles. The number of benzene rings is 1. The lowest BCUT2D eigenvalue weighted by molar-refractivity contribution is -0.120. The SMILES string of the molecule is C/C(CC(=O)NCc1ccco1)=N\NC(=O)c1ccc(F)cc1. The number of hydrogen-bond acceptors (Lipinski definition) is 4. The molecule has 2 amide bonds. The van der Waals surface area contributed by atoms with Crippen molar-refractivity contribution in [1.29, 1.82) is 0 Å². The van der Waals surface area contributed by atoms with Crippen molar-refractivity contribution in [3.8, 4) is 0 Å². The van der Waals surface area contributed by atoms with Gasteiger partial charge in [-0.15, -0.1) is 0 Å². The van der Waals surface area contributed by atoms with E-state index in [1.54, 1.807) is 19.1 Å². The molecule has 0 saturated carbocycles. The Morgan fingerprint density at radius 1 is 1.22 bits per heavy atom. The van der Waals surface area contributed by atoms with Crippen LogP contribution in [0.4, 0.5) is 4.39 Å². The van der Waals surface area contributed by atoms with Gasteiger partial charge in [-0.3, -0.25) is 9.59 Å². The van der Waals surface area contributed by atoms with Crippen molar-refractivity contribution < 1.29 is 18.4 Å². The molecule has 1 aromatic carbocycles. The lowest BCUT2D eigenvalue weighted by atomic mass is 10.2. The smallest absolute Gasteiger partial charge is 0.271 e. The van der Waals surface area contributed by atoms with Crippen LogP contribution in [0.3, 0.4) is 0 Å². The summed E-state index contributed by atoms with van der Waals surface area (Å²) in [5.74, 6) is -0.481. The van der Waals surface area contributed by atoms with Crippen molar-refractivity contribution in [3.63, 3.8) is 0 Å². The number of carbonyl (C=O) groups is 2. The second-order valence-electron chi connectivity index (χ2n) is 4.83. The Balaban J connectivity index is 1.79. The zero-order chi connectivity index (χ0) is 16.7. The Hall–Kier alpha value is -2.96. The van der Waals surface area contributed by atoms with Crippen LogP contribution in [0.5, 0.6) is 0 Å². The summed E-state index contributed by atoms with van der Waals surface area (Å²) in [5, 5.41) is 6.52. The molecule has 0 bridgehead atoms. The quantitative estimate of drug-likeness (QED) is 0.633. The zero-order valence-electron chi connectivity index (χ0n) is 12.5. The van der Waals surface area contributed by atoms with Crippen molar-refractivity contribution in [2.75, 3.05) is 0 Å². The van der Waals surface area contributed by atoms with E-state index in [9.17, 15) is 14.0 Å². The Morgan fingerprint density at radius 2 is 1.96 bits per heavy atom. The molecule has 0 atom stereocenters. The fraction of sp³-hybridized carbons (Fsp3) is 0.188. The summed E-state index contributed by atoms with van der Waals surface area (Å²) in [6.07, 6.45) is 1.57. The van der Waals surface area contributed by atoms with Gasteiger partial charge in [0, 0.05) is 11.3 Å². The molecule has 0 aliphatic heterocycles.